The second-order valence-electron chi connectivity index (χ2n) is 4.81. The van der Waals surface area contributed by atoms with Crippen molar-refractivity contribution in [2.75, 3.05) is 5.75 Å². The van der Waals surface area contributed by atoms with Gasteiger partial charge in [0, 0.05) is 12.1 Å². The molecule has 2 rings (SSSR count). The van der Waals surface area contributed by atoms with Gasteiger partial charge in [0.1, 0.15) is 11.5 Å². The van der Waals surface area contributed by atoms with Gasteiger partial charge in [-0.1, -0.05) is 30.3 Å². The molecule has 4 nitrogen and oxygen atoms in total. The van der Waals surface area contributed by atoms with Crippen molar-refractivity contribution in [3.05, 3.63) is 59.0 Å². The lowest BCUT2D eigenvalue weighted by Gasteiger charge is -2.06. The molecule has 0 bridgehead atoms. The van der Waals surface area contributed by atoms with E-state index in [2.05, 4.69) is 4.72 Å². The molecule has 0 saturated heterocycles. The fourth-order valence-electron chi connectivity index (χ4n) is 2.02. The van der Waals surface area contributed by atoms with Crippen LogP contribution in [0.4, 0.5) is 0 Å². The van der Waals surface area contributed by atoms with Crippen LogP contribution in [0.15, 0.2) is 40.8 Å². The van der Waals surface area contributed by atoms with E-state index in [4.69, 9.17) is 4.42 Å². The maximum atomic E-state index is 12.0. The number of hydrogen-bond donors (Lipinski definition) is 1. The number of benzene rings is 1. The number of aryl methyl sites for hydroxylation is 3. The average molecular weight is 293 g/mol. The first kappa shape index (κ1) is 14.8. The van der Waals surface area contributed by atoms with Gasteiger partial charge in [-0.2, -0.15) is 0 Å². The first-order valence-electron chi connectivity index (χ1n) is 6.53. The zero-order valence-corrected chi connectivity index (χ0v) is 12.5. The van der Waals surface area contributed by atoms with E-state index in [-0.39, 0.29) is 12.3 Å². The maximum absolute atomic E-state index is 12.0. The predicted octanol–water partition coefficient (Wildman–Crippen LogP) is 2.56. The Kier molecular flexibility index (Phi) is 4.62. The molecule has 0 amide bonds. The Hall–Kier alpha value is -1.59. The molecule has 0 atom stereocenters. The summed E-state index contributed by atoms with van der Waals surface area (Å²) in [4.78, 5) is 0. The predicted molar refractivity (Wildman–Crippen MR) is 79.0 cm³/mol. The lowest BCUT2D eigenvalue weighted by Crippen LogP contribution is -2.26. The van der Waals surface area contributed by atoms with Crippen LogP contribution >= 0.6 is 0 Å². The largest absolute Gasteiger partial charge is 0.466 e. The smallest absolute Gasteiger partial charge is 0.212 e. The number of hydrogen-bond acceptors (Lipinski definition) is 3. The molecule has 2 aromatic rings. The lowest BCUT2D eigenvalue weighted by atomic mass is 10.2. The number of furan rings is 1. The standard InChI is InChI=1S/C15H19NO3S/c1-12-10-15(13(2)19-12)11-16-20(17,18)9-8-14-6-4-3-5-7-14/h3-7,10,16H,8-9,11H2,1-2H3. The molecule has 0 aliphatic heterocycles. The minimum atomic E-state index is -3.28. The quantitative estimate of drug-likeness (QED) is 0.890. The summed E-state index contributed by atoms with van der Waals surface area (Å²) in [6.45, 7) is 3.96. The molecule has 5 heteroatoms. The van der Waals surface area contributed by atoms with Crippen LogP contribution in [0, 0.1) is 13.8 Å². The molecule has 0 spiro atoms. The van der Waals surface area contributed by atoms with Crippen LogP contribution in [0.2, 0.25) is 0 Å². The molecule has 0 fully saturated rings. The summed E-state index contributed by atoms with van der Waals surface area (Å²) in [5, 5.41) is 0. The summed E-state index contributed by atoms with van der Waals surface area (Å²) in [5.74, 6) is 1.64. The van der Waals surface area contributed by atoms with Crippen LogP contribution < -0.4 is 4.72 Å². The Balaban J connectivity index is 1.90. The Morgan fingerprint density at radius 3 is 2.45 bits per heavy atom. The van der Waals surface area contributed by atoms with Gasteiger partial charge in [0.05, 0.1) is 5.75 Å². The van der Waals surface area contributed by atoms with Crippen molar-refractivity contribution in [2.24, 2.45) is 0 Å². The topological polar surface area (TPSA) is 59.3 Å². The number of sulfonamides is 1. The van der Waals surface area contributed by atoms with E-state index in [9.17, 15) is 8.42 Å². The average Bonchev–Trinajstić information content (AvgIpc) is 2.74. The van der Waals surface area contributed by atoms with Crippen molar-refractivity contribution >= 4 is 10.0 Å². The molecular weight excluding hydrogens is 274 g/mol. The van der Waals surface area contributed by atoms with Gasteiger partial charge in [-0.25, -0.2) is 13.1 Å². The summed E-state index contributed by atoms with van der Waals surface area (Å²) in [5.41, 5.74) is 1.90. The third kappa shape index (κ3) is 4.21. The van der Waals surface area contributed by atoms with Gasteiger partial charge in [-0.15, -0.1) is 0 Å². The van der Waals surface area contributed by atoms with E-state index >= 15 is 0 Å². The lowest BCUT2D eigenvalue weighted by molar-refractivity contribution is 0.500. The minimum absolute atomic E-state index is 0.0902. The van der Waals surface area contributed by atoms with Crippen LogP contribution in [0.3, 0.4) is 0 Å². The Morgan fingerprint density at radius 2 is 1.85 bits per heavy atom. The van der Waals surface area contributed by atoms with Gasteiger partial charge in [-0.3, -0.25) is 0 Å². The van der Waals surface area contributed by atoms with E-state index in [1.165, 1.54) is 0 Å². The van der Waals surface area contributed by atoms with Gasteiger partial charge >= 0.3 is 0 Å². The highest BCUT2D eigenvalue weighted by Gasteiger charge is 2.12. The molecule has 0 radical (unpaired) electrons. The SMILES string of the molecule is Cc1cc(CNS(=O)(=O)CCc2ccccc2)c(C)o1. The summed E-state index contributed by atoms with van der Waals surface area (Å²) in [6, 6.07) is 11.5. The maximum Gasteiger partial charge on any atom is 0.212 e. The fraction of sp³-hybridized carbons (Fsp3) is 0.333. The molecule has 1 aromatic heterocycles. The summed E-state index contributed by atoms with van der Waals surface area (Å²) in [7, 11) is -3.28. The summed E-state index contributed by atoms with van der Waals surface area (Å²) >= 11 is 0. The third-order valence-electron chi connectivity index (χ3n) is 3.13. The highest BCUT2D eigenvalue weighted by molar-refractivity contribution is 7.89. The van der Waals surface area contributed by atoms with Gasteiger partial charge in [0.25, 0.3) is 0 Å². The highest BCUT2D eigenvalue weighted by atomic mass is 32.2. The zero-order valence-electron chi connectivity index (χ0n) is 11.7. The van der Waals surface area contributed by atoms with Crippen molar-refractivity contribution in [1.29, 1.82) is 0 Å². The number of nitrogens with one attached hydrogen (secondary N) is 1. The molecule has 1 N–H and O–H groups in total. The van der Waals surface area contributed by atoms with E-state index in [1.54, 1.807) is 0 Å². The molecule has 0 saturated carbocycles. The van der Waals surface area contributed by atoms with E-state index in [0.29, 0.717) is 6.42 Å². The first-order valence-corrected chi connectivity index (χ1v) is 8.19. The molecule has 0 unspecified atom stereocenters. The van der Waals surface area contributed by atoms with E-state index in [1.807, 2.05) is 50.2 Å². The van der Waals surface area contributed by atoms with Crippen LogP contribution in [-0.2, 0) is 23.0 Å². The second kappa shape index (κ2) is 6.24. The van der Waals surface area contributed by atoms with Crippen molar-refractivity contribution in [2.45, 2.75) is 26.8 Å². The van der Waals surface area contributed by atoms with Gasteiger partial charge in [0.15, 0.2) is 0 Å². The van der Waals surface area contributed by atoms with Crippen LogP contribution in [0.5, 0.6) is 0 Å². The minimum Gasteiger partial charge on any atom is -0.466 e. The Morgan fingerprint density at radius 1 is 1.15 bits per heavy atom. The summed E-state index contributed by atoms with van der Waals surface area (Å²) < 4.78 is 31.9. The normalized spacial score (nSPS) is 11.7. The summed E-state index contributed by atoms with van der Waals surface area (Å²) in [6.07, 6.45) is 0.513. The van der Waals surface area contributed by atoms with Gasteiger partial charge < -0.3 is 4.42 Å². The monoisotopic (exact) mass is 293 g/mol. The van der Waals surface area contributed by atoms with Crippen molar-refractivity contribution in [1.82, 2.24) is 4.72 Å². The Bertz CT molecular complexity index is 660. The van der Waals surface area contributed by atoms with Gasteiger partial charge in [-0.05, 0) is 31.9 Å². The Labute approximate surface area is 119 Å². The molecule has 1 aromatic carbocycles. The zero-order chi connectivity index (χ0) is 14.6. The second-order valence-corrected chi connectivity index (χ2v) is 6.74. The molecule has 108 valence electrons. The van der Waals surface area contributed by atoms with Crippen LogP contribution in [-0.4, -0.2) is 14.2 Å². The fourth-order valence-corrected chi connectivity index (χ4v) is 3.04. The van der Waals surface area contributed by atoms with Crippen LogP contribution in [0.25, 0.3) is 0 Å². The molecular formula is C15H19NO3S. The first-order chi connectivity index (χ1) is 9.46. The van der Waals surface area contributed by atoms with Crippen molar-refractivity contribution in [3.8, 4) is 0 Å². The third-order valence-corrected chi connectivity index (χ3v) is 4.45. The van der Waals surface area contributed by atoms with Crippen molar-refractivity contribution in [3.63, 3.8) is 0 Å². The van der Waals surface area contributed by atoms with E-state index in [0.717, 1.165) is 22.6 Å². The van der Waals surface area contributed by atoms with Crippen LogP contribution in [0.1, 0.15) is 22.6 Å². The highest BCUT2D eigenvalue weighted by Crippen LogP contribution is 2.13. The van der Waals surface area contributed by atoms with Crippen molar-refractivity contribution < 1.29 is 12.8 Å². The van der Waals surface area contributed by atoms with E-state index < -0.39 is 10.0 Å². The molecule has 0 aliphatic carbocycles. The molecule has 20 heavy (non-hydrogen) atoms. The molecule has 0 aliphatic rings. The number of rotatable bonds is 6. The van der Waals surface area contributed by atoms with Gasteiger partial charge in [0.2, 0.25) is 10.0 Å². The molecule has 1 heterocycles.